The zero-order valence-electron chi connectivity index (χ0n) is 15.0. The van der Waals surface area contributed by atoms with E-state index in [-0.39, 0.29) is 18.2 Å². The van der Waals surface area contributed by atoms with Gasteiger partial charge in [0, 0.05) is 10.5 Å². The van der Waals surface area contributed by atoms with Gasteiger partial charge in [-0.05, 0) is 31.2 Å². The number of ether oxygens (including phenoxy) is 1. The van der Waals surface area contributed by atoms with Crippen molar-refractivity contribution in [3.05, 3.63) is 60.5 Å². The summed E-state index contributed by atoms with van der Waals surface area (Å²) in [5.41, 5.74) is 1.54. The molecule has 2 heterocycles. The highest BCUT2D eigenvalue weighted by atomic mass is 32.2. The summed E-state index contributed by atoms with van der Waals surface area (Å²) >= 11 is 1.35. The van der Waals surface area contributed by atoms with Crippen LogP contribution in [0.25, 0.3) is 11.5 Å². The van der Waals surface area contributed by atoms with Crippen LogP contribution in [0.1, 0.15) is 25.3 Å². The first-order valence-electron chi connectivity index (χ1n) is 8.75. The summed E-state index contributed by atoms with van der Waals surface area (Å²) in [7, 11) is 0. The van der Waals surface area contributed by atoms with Gasteiger partial charge in [0.1, 0.15) is 0 Å². The highest BCUT2D eigenvalue weighted by Crippen LogP contribution is 2.37. The van der Waals surface area contributed by atoms with Crippen LogP contribution in [-0.4, -0.2) is 27.3 Å². The van der Waals surface area contributed by atoms with Gasteiger partial charge in [0.2, 0.25) is 11.8 Å². The molecule has 3 aromatic rings. The fourth-order valence-electron chi connectivity index (χ4n) is 2.77. The van der Waals surface area contributed by atoms with E-state index in [1.807, 2.05) is 54.6 Å². The molecule has 2 aromatic carbocycles. The molecule has 0 bridgehead atoms. The van der Waals surface area contributed by atoms with Crippen LogP contribution in [0.15, 0.2) is 63.9 Å². The Morgan fingerprint density at radius 2 is 1.93 bits per heavy atom. The molecule has 0 spiro atoms. The van der Waals surface area contributed by atoms with E-state index in [9.17, 15) is 9.59 Å². The van der Waals surface area contributed by atoms with Gasteiger partial charge in [-0.1, -0.05) is 30.3 Å². The third kappa shape index (κ3) is 3.91. The number of nitrogens with zero attached hydrogens (tertiary/aromatic N) is 2. The van der Waals surface area contributed by atoms with Gasteiger partial charge in [0.05, 0.1) is 17.4 Å². The van der Waals surface area contributed by atoms with Crippen LogP contribution in [0, 0.1) is 0 Å². The van der Waals surface area contributed by atoms with Gasteiger partial charge in [-0.3, -0.25) is 9.59 Å². The van der Waals surface area contributed by atoms with Crippen LogP contribution < -0.4 is 5.32 Å². The topological polar surface area (TPSA) is 94.3 Å². The van der Waals surface area contributed by atoms with Crippen molar-refractivity contribution in [3.63, 3.8) is 0 Å². The van der Waals surface area contributed by atoms with Crippen molar-refractivity contribution < 1.29 is 18.7 Å². The minimum absolute atomic E-state index is 0.0468. The van der Waals surface area contributed by atoms with Crippen molar-refractivity contribution in [2.24, 2.45) is 0 Å². The highest BCUT2D eigenvalue weighted by molar-refractivity contribution is 8.01. The monoisotopic (exact) mass is 395 g/mol. The number of esters is 1. The molecule has 1 amide bonds. The first-order chi connectivity index (χ1) is 13.6. The van der Waals surface area contributed by atoms with E-state index in [1.165, 1.54) is 11.8 Å². The lowest BCUT2D eigenvalue weighted by Gasteiger charge is -2.23. The van der Waals surface area contributed by atoms with Crippen LogP contribution in [-0.2, 0) is 14.3 Å². The number of fused-ring (bicyclic) bond motifs is 1. The Morgan fingerprint density at radius 1 is 1.18 bits per heavy atom. The van der Waals surface area contributed by atoms with Gasteiger partial charge >= 0.3 is 5.97 Å². The second-order valence-electron chi connectivity index (χ2n) is 6.24. The summed E-state index contributed by atoms with van der Waals surface area (Å²) in [6.45, 7) is 1.66. The molecule has 0 saturated heterocycles. The smallest absolute Gasteiger partial charge is 0.308 e. The molecule has 0 saturated carbocycles. The quantitative estimate of drug-likeness (QED) is 0.656. The standard InChI is InChI=1S/C20H17N3O4S/c1-12(19-22-23-20(27-19)13-7-3-2-4-8-13)26-17(24)11-16-18(25)21-14-9-5-6-10-15(14)28-16/h2-10,12,16H,11H2,1H3,(H,21,25)/t12-,16-/m0/s1. The minimum Gasteiger partial charge on any atom is -0.453 e. The number of nitrogens with one attached hydrogen (secondary N) is 1. The number of anilines is 1. The Morgan fingerprint density at radius 3 is 2.75 bits per heavy atom. The zero-order chi connectivity index (χ0) is 19.5. The third-order valence-electron chi connectivity index (χ3n) is 4.18. The molecule has 2 atom stereocenters. The Bertz CT molecular complexity index is 1010. The van der Waals surface area contributed by atoms with Crippen molar-refractivity contribution in [1.82, 2.24) is 10.2 Å². The predicted molar refractivity (Wildman–Crippen MR) is 104 cm³/mol. The lowest BCUT2D eigenvalue weighted by Crippen LogP contribution is -2.31. The Balaban J connectivity index is 1.38. The van der Waals surface area contributed by atoms with Crippen LogP contribution in [0.5, 0.6) is 0 Å². The number of benzene rings is 2. The number of carbonyl (C=O) groups excluding carboxylic acids is 2. The van der Waals surface area contributed by atoms with E-state index >= 15 is 0 Å². The number of rotatable bonds is 5. The summed E-state index contributed by atoms with van der Waals surface area (Å²) in [6, 6.07) is 16.8. The molecule has 0 aliphatic carbocycles. The second kappa shape index (κ2) is 7.85. The van der Waals surface area contributed by atoms with E-state index < -0.39 is 17.3 Å². The van der Waals surface area contributed by atoms with Gasteiger partial charge < -0.3 is 14.5 Å². The molecule has 4 rings (SSSR count). The third-order valence-corrected chi connectivity index (χ3v) is 5.45. The number of carbonyl (C=O) groups is 2. The zero-order valence-corrected chi connectivity index (χ0v) is 15.8. The molecular weight excluding hydrogens is 378 g/mol. The maximum Gasteiger partial charge on any atom is 0.308 e. The van der Waals surface area contributed by atoms with Gasteiger partial charge in [0.15, 0.2) is 6.10 Å². The molecule has 1 aliphatic heterocycles. The number of hydrogen-bond acceptors (Lipinski definition) is 7. The van der Waals surface area contributed by atoms with Crippen molar-refractivity contribution in [3.8, 4) is 11.5 Å². The molecular formula is C20H17N3O4S. The number of para-hydroxylation sites is 1. The van der Waals surface area contributed by atoms with Gasteiger partial charge in [-0.25, -0.2) is 0 Å². The average molecular weight is 395 g/mol. The molecule has 0 unspecified atom stereocenters. The summed E-state index contributed by atoms with van der Waals surface area (Å²) in [4.78, 5) is 25.5. The number of amides is 1. The fourth-order valence-corrected chi connectivity index (χ4v) is 3.87. The number of hydrogen-bond donors (Lipinski definition) is 1. The Kier molecular flexibility index (Phi) is 5.12. The van der Waals surface area contributed by atoms with E-state index in [0.717, 1.165) is 16.1 Å². The molecule has 0 radical (unpaired) electrons. The maximum atomic E-state index is 12.3. The molecule has 8 heteroatoms. The molecule has 1 aromatic heterocycles. The minimum atomic E-state index is -0.707. The first-order valence-corrected chi connectivity index (χ1v) is 9.63. The average Bonchev–Trinajstić information content (AvgIpc) is 3.20. The maximum absolute atomic E-state index is 12.3. The van der Waals surface area contributed by atoms with Gasteiger partial charge in [0.25, 0.3) is 5.89 Å². The van der Waals surface area contributed by atoms with Crippen LogP contribution in [0.2, 0.25) is 0 Å². The molecule has 142 valence electrons. The summed E-state index contributed by atoms with van der Waals surface area (Å²) in [5.74, 6) is -0.146. The Labute approximate surface area is 165 Å². The van der Waals surface area contributed by atoms with Crippen molar-refractivity contribution in [2.45, 2.75) is 29.6 Å². The first kappa shape index (κ1) is 18.2. The summed E-state index contributed by atoms with van der Waals surface area (Å²) in [6.07, 6.45) is -0.754. The molecule has 1 aliphatic rings. The lowest BCUT2D eigenvalue weighted by molar-refractivity contribution is -0.150. The largest absolute Gasteiger partial charge is 0.453 e. The Hall–Kier alpha value is -3.13. The van der Waals surface area contributed by atoms with E-state index in [1.54, 1.807) is 6.92 Å². The van der Waals surface area contributed by atoms with E-state index in [2.05, 4.69) is 15.5 Å². The van der Waals surface area contributed by atoms with Crippen molar-refractivity contribution in [1.29, 1.82) is 0 Å². The van der Waals surface area contributed by atoms with Crippen molar-refractivity contribution in [2.75, 3.05) is 5.32 Å². The SMILES string of the molecule is C[C@H](OC(=O)C[C@@H]1Sc2ccccc2NC1=O)c1nnc(-c2ccccc2)o1. The lowest BCUT2D eigenvalue weighted by atomic mass is 10.2. The van der Waals surface area contributed by atoms with Crippen LogP contribution in [0.3, 0.4) is 0 Å². The van der Waals surface area contributed by atoms with Crippen LogP contribution in [0.4, 0.5) is 5.69 Å². The second-order valence-corrected chi connectivity index (χ2v) is 7.48. The molecule has 0 fully saturated rings. The van der Waals surface area contributed by atoms with E-state index in [4.69, 9.17) is 9.15 Å². The highest BCUT2D eigenvalue weighted by Gasteiger charge is 2.30. The number of aromatic nitrogens is 2. The molecule has 28 heavy (non-hydrogen) atoms. The van der Waals surface area contributed by atoms with Gasteiger partial charge in [-0.15, -0.1) is 22.0 Å². The summed E-state index contributed by atoms with van der Waals surface area (Å²) in [5, 5.41) is 10.2. The predicted octanol–water partition coefficient (Wildman–Crippen LogP) is 3.84. The van der Waals surface area contributed by atoms with E-state index in [0.29, 0.717) is 5.89 Å². The summed E-state index contributed by atoms with van der Waals surface area (Å²) < 4.78 is 11.0. The normalized spacial score (nSPS) is 16.8. The fraction of sp³-hybridized carbons (Fsp3) is 0.200. The van der Waals surface area contributed by atoms with Gasteiger partial charge in [-0.2, -0.15) is 0 Å². The molecule has 7 nitrogen and oxygen atoms in total. The molecule has 1 N–H and O–H groups in total. The number of thioether (sulfide) groups is 1. The van der Waals surface area contributed by atoms with Crippen LogP contribution >= 0.6 is 11.8 Å². The van der Waals surface area contributed by atoms with Crippen molar-refractivity contribution >= 4 is 29.3 Å².